The van der Waals surface area contributed by atoms with Gasteiger partial charge < -0.3 is 15.3 Å². The quantitative estimate of drug-likeness (QED) is 0.874. The van der Waals surface area contributed by atoms with Crippen molar-refractivity contribution in [1.82, 2.24) is 5.32 Å². The normalized spacial score (nSPS) is 17.4. The van der Waals surface area contributed by atoms with Crippen molar-refractivity contribution >= 4 is 17.6 Å². The molecule has 5 heteroatoms. The molecule has 0 aromatic heterocycles. The molecule has 1 aliphatic heterocycles. The molecule has 2 rings (SSSR count). The molecule has 0 aliphatic carbocycles. The van der Waals surface area contributed by atoms with Gasteiger partial charge in [0.25, 0.3) is 0 Å². The number of hydrogen-bond acceptors (Lipinski definition) is 3. The number of rotatable bonds is 4. The van der Waals surface area contributed by atoms with E-state index in [-0.39, 0.29) is 12.5 Å². The van der Waals surface area contributed by atoms with Gasteiger partial charge >= 0.3 is 5.97 Å². The van der Waals surface area contributed by atoms with Crippen LogP contribution in [0, 0.1) is 5.41 Å². The fourth-order valence-electron chi connectivity index (χ4n) is 2.54. The predicted molar refractivity (Wildman–Crippen MR) is 76.6 cm³/mol. The molecular formula is C15H20N2O3. The van der Waals surface area contributed by atoms with Crippen molar-refractivity contribution < 1.29 is 14.7 Å². The number of anilines is 1. The third kappa shape index (κ3) is 3.17. The highest BCUT2D eigenvalue weighted by atomic mass is 16.4. The first-order valence-corrected chi connectivity index (χ1v) is 6.82. The van der Waals surface area contributed by atoms with Crippen LogP contribution in [-0.2, 0) is 9.59 Å². The van der Waals surface area contributed by atoms with Gasteiger partial charge in [-0.1, -0.05) is 25.1 Å². The molecule has 1 saturated heterocycles. The lowest BCUT2D eigenvalue weighted by Gasteiger charge is -2.36. The number of carbonyl (C=O) groups excluding carboxylic acids is 1. The van der Waals surface area contributed by atoms with Crippen LogP contribution in [0.1, 0.15) is 19.8 Å². The molecule has 2 N–H and O–H groups in total. The Kier molecular flexibility index (Phi) is 4.39. The molecule has 0 bridgehead atoms. The second kappa shape index (κ2) is 6.05. The lowest BCUT2D eigenvalue weighted by molar-refractivity contribution is -0.138. The first kappa shape index (κ1) is 14.5. The van der Waals surface area contributed by atoms with Gasteiger partial charge in [-0.2, -0.15) is 0 Å². The molecule has 0 saturated carbocycles. The molecule has 1 aromatic rings. The zero-order valence-electron chi connectivity index (χ0n) is 11.6. The molecule has 5 nitrogen and oxygen atoms in total. The number of carboxylic acids is 1. The number of carbonyl (C=O) groups is 2. The zero-order valence-corrected chi connectivity index (χ0v) is 11.6. The Morgan fingerprint density at radius 1 is 1.25 bits per heavy atom. The molecule has 20 heavy (non-hydrogen) atoms. The molecule has 1 amide bonds. The standard InChI is InChI=1S/C15H20N2O3/c1-15(7-9-16-10-8-15)14(20)17(11-13(18)19)12-5-3-2-4-6-12/h2-6,16H,7-11H2,1H3,(H,18,19). The summed E-state index contributed by atoms with van der Waals surface area (Å²) in [6.07, 6.45) is 1.46. The van der Waals surface area contributed by atoms with Crippen LogP contribution in [0.4, 0.5) is 5.69 Å². The van der Waals surface area contributed by atoms with Crippen LogP contribution in [0.3, 0.4) is 0 Å². The van der Waals surface area contributed by atoms with Crippen LogP contribution in [0.25, 0.3) is 0 Å². The Morgan fingerprint density at radius 2 is 1.85 bits per heavy atom. The third-order valence-electron chi connectivity index (χ3n) is 3.83. The molecule has 0 atom stereocenters. The highest BCUT2D eigenvalue weighted by Gasteiger charge is 2.38. The van der Waals surface area contributed by atoms with Crippen molar-refractivity contribution in [1.29, 1.82) is 0 Å². The van der Waals surface area contributed by atoms with E-state index in [1.54, 1.807) is 12.1 Å². The summed E-state index contributed by atoms with van der Waals surface area (Å²) in [5, 5.41) is 12.3. The number of para-hydroxylation sites is 1. The molecule has 1 heterocycles. The Balaban J connectivity index is 2.26. The van der Waals surface area contributed by atoms with E-state index in [9.17, 15) is 9.59 Å². The summed E-state index contributed by atoms with van der Waals surface area (Å²) < 4.78 is 0. The number of amides is 1. The molecule has 0 radical (unpaired) electrons. The largest absolute Gasteiger partial charge is 0.480 e. The van der Waals surface area contributed by atoms with Gasteiger partial charge in [-0.15, -0.1) is 0 Å². The molecular weight excluding hydrogens is 256 g/mol. The summed E-state index contributed by atoms with van der Waals surface area (Å²) in [4.78, 5) is 25.2. The lowest BCUT2D eigenvalue weighted by atomic mass is 9.79. The van der Waals surface area contributed by atoms with Gasteiger partial charge in [0, 0.05) is 11.1 Å². The summed E-state index contributed by atoms with van der Waals surface area (Å²) in [6, 6.07) is 9.00. The monoisotopic (exact) mass is 276 g/mol. The van der Waals surface area contributed by atoms with E-state index < -0.39 is 11.4 Å². The maximum absolute atomic E-state index is 12.8. The topological polar surface area (TPSA) is 69.6 Å². The zero-order chi connectivity index (χ0) is 14.6. The maximum Gasteiger partial charge on any atom is 0.323 e. The molecule has 0 spiro atoms. The van der Waals surface area contributed by atoms with Gasteiger partial charge in [0.15, 0.2) is 0 Å². The number of carboxylic acid groups (broad SMARTS) is 1. The van der Waals surface area contributed by atoms with E-state index in [0.29, 0.717) is 5.69 Å². The smallest absolute Gasteiger partial charge is 0.323 e. The van der Waals surface area contributed by atoms with Crippen LogP contribution in [0.15, 0.2) is 30.3 Å². The summed E-state index contributed by atoms with van der Waals surface area (Å²) >= 11 is 0. The second-order valence-electron chi connectivity index (χ2n) is 5.43. The summed E-state index contributed by atoms with van der Waals surface area (Å²) in [6.45, 7) is 3.20. The average molecular weight is 276 g/mol. The molecule has 1 aromatic carbocycles. The van der Waals surface area contributed by atoms with Gasteiger partial charge in [-0.25, -0.2) is 0 Å². The van der Waals surface area contributed by atoms with E-state index in [1.165, 1.54) is 4.90 Å². The minimum atomic E-state index is -1.00. The number of nitrogens with zero attached hydrogens (tertiary/aromatic N) is 1. The summed E-state index contributed by atoms with van der Waals surface area (Å²) in [5.74, 6) is -1.10. The van der Waals surface area contributed by atoms with Gasteiger partial charge in [0.2, 0.25) is 5.91 Å². The van der Waals surface area contributed by atoms with E-state index in [2.05, 4.69) is 5.32 Å². The van der Waals surface area contributed by atoms with Crippen LogP contribution in [-0.4, -0.2) is 36.6 Å². The second-order valence-corrected chi connectivity index (χ2v) is 5.43. The molecule has 108 valence electrons. The van der Waals surface area contributed by atoms with Crippen LogP contribution in [0.2, 0.25) is 0 Å². The van der Waals surface area contributed by atoms with E-state index in [0.717, 1.165) is 25.9 Å². The summed E-state index contributed by atoms with van der Waals surface area (Å²) in [7, 11) is 0. The Hall–Kier alpha value is -1.88. The van der Waals surface area contributed by atoms with Gasteiger partial charge in [-0.3, -0.25) is 9.59 Å². The molecule has 1 aliphatic rings. The SMILES string of the molecule is CC1(C(=O)N(CC(=O)O)c2ccccc2)CCNCC1. The van der Waals surface area contributed by atoms with Crippen LogP contribution in [0.5, 0.6) is 0 Å². The number of aliphatic carboxylic acids is 1. The Labute approximate surface area is 118 Å². The van der Waals surface area contributed by atoms with Crippen molar-refractivity contribution in [2.24, 2.45) is 5.41 Å². The number of benzene rings is 1. The Bertz CT molecular complexity index is 481. The van der Waals surface area contributed by atoms with Crippen molar-refractivity contribution in [3.63, 3.8) is 0 Å². The first-order chi connectivity index (χ1) is 9.53. The van der Waals surface area contributed by atoms with Gasteiger partial charge in [-0.05, 0) is 38.1 Å². The van der Waals surface area contributed by atoms with E-state index >= 15 is 0 Å². The maximum atomic E-state index is 12.8. The molecule has 1 fully saturated rings. The number of hydrogen-bond donors (Lipinski definition) is 2. The van der Waals surface area contributed by atoms with Gasteiger partial charge in [0.05, 0.1) is 0 Å². The third-order valence-corrected chi connectivity index (χ3v) is 3.83. The minimum absolute atomic E-state index is 0.104. The van der Waals surface area contributed by atoms with Crippen molar-refractivity contribution in [2.75, 3.05) is 24.5 Å². The lowest BCUT2D eigenvalue weighted by Crippen LogP contribution is -2.49. The average Bonchev–Trinajstić information content (AvgIpc) is 2.45. The highest BCUT2D eigenvalue weighted by Crippen LogP contribution is 2.32. The fraction of sp³-hybridized carbons (Fsp3) is 0.467. The van der Waals surface area contributed by atoms with Crippen LogP contribution >= 0.6 is 0 Å². The van der Waals surface area contributed by atoms with Crippen molar-refractivity contribution in [3.05, 3.63) is 30.3 Å². The highest BCUT2D eigenvalue weighted by molar-refractivity contribution is 6.00. The number of piperidine rings is 1. The predicted octanol–water partition coefficient (Wildman–Crippen LogP) is 1.49. The Morgan fingerprint density at radius 3 is 2.40 bits per heavy atom. The van der Waals surface area contributed by atoms with Crippen molar-refractivity contribution in [3.8, 4) is 0 Å². The fourth-order valence-corrected chi connectivity index (χ4v) is 2.54. The van der Waals surface area contributed by atoms with E-state index in [1.807, 2.05) is 25.1 Å². The summed E-state index contributed by atoms with van der Waals surface area (Å²) in [5.41, 5.74) is 0.149. The number of nitrogens with one attached hydrogen (secondary N) is 1. The van der Waals surface area contributed by atoms with Crippen LogP contribution < -0.4 is 10.2 Å². The van der Waals surface area contributed by atoms with E-state index in [4.69, 9.17) is 5.11 Å². The molecule has 0 unspecified atom stereocenters. The minimum Gasteiger partial charge on any atom is -0.480 e. The van der Waals surface area contributed by atoms with Gasteiger partial charge in [0.1, 0.15) is 6.54 Å². The van der Waals surface area contributed by atoms with Crippen molar-refractivity contribution in [2.45, 2.75) is 19.8 Å². The first-order valence-electron chi connectivity index (χ1n) is 6.82.